The minimum absolute atomic E-state index is 0.0208. The van der Waals surface area contributed by atoms with Crippen LogP contribution in [0, 0.1) is 0 Å². The fourth-order valence-corrected chi connectivity index (χ4v) is 0.661. The Morgan fingerprint density at radius 2 is 2.31 bits per heavy atom. The Morgan fingerprint density at radius 3 is 2.77 bits per heavy atom. The number of aromatic nitrogens is 4. The van der Waals surface area contributed by atoms with Crippen LogP contribution in [-0.2, 0) is 0 Å². The topological polar surface area (TPSA) is 110 Å². The van der Waals surface area contributed by atoms with Crippen molar-refractivity contribution in [3.63, 3.8) is 0 Å². The summed E-state index contributed by atoms with van der Waals surface area (Å²) in [5.74, 6) is -0.356. The van der Waals surface area contributed by atoms with Gasteiger partial charge in [0.05, 0.1) is 0 Å². The molecule has 1 aromatic heterocycles. The molecule has 0 radical (unpaired) electrons. The highest BCUT2D eigenvalue weighted by Gasteiger charge is 2.15. The number of hydrogen-bond donors (Lipinski definition) is 3. The van der Waals surface area contributed by atoms with Crippen LogP contribution in [0.25, 0.3) is 0 Å². The van der Waals surface area contributed by atoms with Crippen LogP contribution in [-0.4, -0.2) is 38.6 Å². The van der Waals surface area contributed by atoms with Crippen molar-refractivity contribution in [1.82, 2.24) is 25.9 Å². The molecule has 1 amide bonds. The number of carbonyl (C=O) groups is 1. The van der Waals surface area contributed by atoms with Crippen LogP contribution in [0.4, 0.5) is 0 Å². The number of nitrogens with one attached hydrogen (secondary N) is 2. The molecule has 0 saturated carbocycles. The highest BCUT2D eigenvalue weighted by atomic mass is 16.2. The maximum atomic E-state index is 11.3. The number of tetrazole rings is 1. The van der Waals surface area contributed by atoms with E-state index in [-0.39, 0.29) is 23.8 Å². The number of carbonyl (C=O) groups excluding carboxylic acids is 1. The molecule has 0 aromatic carbocycles. The molecule has 4 N–H and O–H groups in total. The second-order valence-electron chi connectivity index (χ2n) is 2.86. The van der Waals surface area contributed by atoms with E-state index in [0.29, 0.717) is 0 Å². The van der Waals surface area contributed by atoms with E-state index < -0.39 is 0 Å². The molecule has 0 spiro atoms. The quantitative estimate of drug-likeness (QED) is 0.539. The van der Waals surface area contributed by atoms with Crippen molar-refractivity contribution < 1.29 is 4.79 Å². The summed E-state index contributed by atoms with van der Waals surface area (Å²) >= 11 is 0. The summed E-state index contributed by atoms with van der Waals surface area (Å²) in [7, 11) is 0. The van der Waals surface area contributed by atoms with E-state index in [1.807, 2.05) is 6.92 Å². The lowest BCUT2D eigenvalue weighted by Gasteiger charge is -2.15. The van der Waals surface area contributed by atoms with E-state index in [2.05, 4.69) is 25.9 Å². The molecule has 1 heterocycles. The summed E-state index contributed by atoms with van der Waals surface area (Å²) < 4.78 is 0. The number of H-pyrrole nitrogens is 1. The second-order valence-corrected chi connectivity index (χ2v) is 2.86. The first-order chi connectivity index (χ1) is 6.11. The van der Waals surface area contributed by atoms with Crippen molar-refractivity contribution in [1.29, 1.82) is 0 Å². The van der Waals surface area contributed by atoms with Gasteiger partial charge >= 0.3 is 0 Å². The van der Waals surface area contributed by atoms with Crippen LogP contribution >= 0.6 is 0 Å². The Kier molecular flexibility index (Phi) is 2.91. The summed E-state index contributed by atoms with van der Waals surface area (Å²) in [5, 5.41) is 15.1. The van der Waals surface area contributed by atoms with E-state index in [4.69, 9.17) is 5.73 Å². The van der Waals surface area contributed by atoms with Crippen molar-refractivity contribution in [3.8, 4) is 0 Å². The van der Waals surface area contributed by atoms with Gasteiger partial charge in [-0.05, 0) is 19.1 Å². The van der Waals surface area contributed by atoms with Gasteiger partial charge in [-0.15, -0.1) is 10.2 Å². The van der Waals surface area contributed by atoms with E-state index in [1.165, 1.54) is 0 Å². The predicted molar refractivity (Wildman–Crippen MR) is 44.8 cm³/mol. The molecule has 0 bridgehead atoms. The zero-order valence-corrected chi connectivity index (χ0v) is 7.48. The van der Waals surface area contributed by atoms with Gasteiger partial charge in [0.25, 0.3) is 11.7 Å². The average molecular weight is 184 g/mol. The number of nitrogens with zero attached hydrogens (tertiary/aromatic N) is 3. The van der Waals surface area contributed by atoms with E-state index in [0.717, 1.165) is 0 Å². The van der Waals surface area contributed by atoms with Crippen LogP contribution < -0.4 is 11.1 Å². The maximum Gasteiger partial charge on any atom is 0.293 e. The van der Waals surface area contributed by atoms with Crippen molar-refractivity contribution in [2.24, 2.45) is 5.73 Å². The van der Waals surface area contributed by atoms with Crippen molar-refractivity contribution in [2.75, 3.05) is 0 Å². The fourth-order valence-electron chi connectivity index (χ4n) is 0.661. The maximum absolute atomic E-state index is 11.3. The van der Waals surface area contributed by atoms with Gasteiger partial charge in [0.15, 0.2) is 0 Å². The van der Waals surface area contributed by atoms with Gasteiger partial charge in [-0.2, -0.15) is 5.21 Å². The predicted octanol–water partition coefficient (Wildman–Crippen LogP) is -1.33. The number of nitrogens with two attached hydrogens (primary N) is 1. The summed E-state index contributed by atoms with van der Waals surface area (Å²) in [5.41, 5.74) is 5.56. The van der Waals surface area contributed by atoms with E-state index in [9.17, 15) is 4.79 Å². The summed E-state index contributed by atoms with van der Waals surface area (Å²) in [6.07, 6.45) is 0. The third kappa shape index (κ3) is 2.48. The molecular formula is C6H12N6O. The van der Waals surface area contributed by atoms with Gasteiger partial charge in [0.1, 0.15) is 0 Å². The number of aromatic amines is 1. The Hall–Kier alpha value is -1.50. The van der Waals surface area contributed by atoms with Crippen LogP contribution in [0.15, 0.2) is 0 Å². The lowest BCUT2D eigenvalue weighted by atomic mass is 10.2. The normalized spacial score (nSPS) is 15.0. The Bertz CT molecular complexity index is 269. The summed E-state index contributed by atoms with van der Waals surface area (Å²) in [6.45, 7) is 3.61. The molecule has 0 aliphatic heterocycles. The molecule has 0 aliphatic carbocycles. The van der Waals surface area contributed by atoms with Crippen LogP contribution in [0.1, 0.15) is 24.5 Å². The molecule has 0 fully saturated rings. The first kappa shape index (κ1) is 9.59. The first-order valence-corrected chi connectivity index (χ1v) is 3.91. The zero-order valence-electron chi connectivity index (χ0n) is 7.48. The van der Waals surface area contributed by atoms with Crippen LogP contribution in [0.3, 0.4) is 0 Å². The standard InChI is InChI=1S/C6H12N6O/c1-3(7)4(2)8-6(13)5-9-11-12-10-5/h3-4H,7H2,1-2H3,(H,8,13)(H,9,10,11,12). The molecule has 2 unspecified atom stereocenters. The van der Waals surface area contributed by atoms with E-state index in [1.54, 1.807) is 6.92 Å². The largest absolute Gasteiger partial charge is 0.345 e. The molecule has 2 atom stereocenters. The monoisotopic (exact) mass is 184 g/mol. The average Bonchev–Trinajstić information content (AvgIpc) is 2.55. The molecule has 13 heavy (non-hydrogen) atoms. The molecule has 0 aliphatic rings. The van der Waals surface area contributed by atoms with Gasteiger partial charge in [-0.25, -0.2) is 0 Å². The molecule has 7 heteroatoms. The van der Waals surface area contributed by atoms with Crippen molar-refractivity contribution in [2.45, 2.75) is 25.9 Å². The van der Waals surface area contributed by atoms with Crippen molar-refractivity contribution >= 4 is 5.91 Å². The van der Waals surface area contributed by atoms with Gasteiger partial charge < -0.3 is 11.1 Å². The van der Waals surface area contributed by atoms with Crippen LogP contribution in [0.2, 0.25) is 0 Å². The van der Waals surface area contributed by atoms with Gasteiger partial charge in [0, 0.05) is 12.1 Å². The lowest BCUT2D eigenvalue weighted by Crippen LogP contribution is -2.44. The lowest BCUT2D eigenvalue weighted by molar-refractivity contribution is 0.0925. The van der Waals surface area contributed by atoms with Crippen molar-refractivity contribution in [3.05, 3.63) is 5.82 Å². The fraction of sp³-hybridized carbons (Fsp3) is 0.667. The molecular weight excluding hydrogens is 172 g/mol. The Balaban J connectivity index is 2.52. The molecule has 1 rings (SSSR count). The zero-order chi connectivity index (χ0) is 9.84. The van der Waals surface area contributed by atoms with Gasteiger partial charge in [-0.3, -0.25) is 4.79 Å². The first-order valence-electron chi connectivity index (χ1n) is 3.91. The highest BCUT2D eigenvalue weighted by Crippen LogP contribution is 1.90. The SMILES string of the molecule is CC(N)C(C)NC(=O)c1nn[nH]n1. The Labute approximate surface area is 75.1 Å². The summed E-state index contributed by atoms with van der Waals surface area (Å²) in [6, 6.07) is -0.234. The minimum atomic E-state index is -0.376. The number of hydrogen-bond acceptors (Lipinski definition) is 5. The third-order valence-corrected chi connectivity index (χ3v) is 1.70. The van der Waals surface area contributed by atoms with Gasteiger partial charge in [0.2, 0.25) is 0 Å². The molecule has 72 valence electrons. The smallest absolute Gasteiger partial charge is 0.293 e. The third-order valence-electron chi connectivity index (χ3n) is 1.70. The summed E-state index contributed by atoms with van der Waals surface area (Å²) in [4.78, 5) is 11.3. The highest BCUT2D eigenvalue weighted by molar-refractivity contribution is 5.90. The molecule has 0 saturated heterocycles. The van der Waals surface area contributed by atoms with E-state index >= 15 is 0 Å². The van der Waals surface area contributed by atoms with Crippen LogP contribution in [0.5, 0.6) is 0 Å². The number of rotatable bonds is 3. The van der Waals surface area contributed by atoms with Gasteiger partial charge in [-0.1, -0.05) is 0 Å². The second kappa shape index (κ2) is 3.94. The minimum Gasteiger partial charge on any atom is -0.345 e. The number of amides is 1. The molecule has 1 aromatic rings. The Morgan fingerprint density at radius 1 is 1.62 bits per heavy atom. The molecule has 7 nitrogen and oxygen atoms in total.